The normalized spacial score (nSPS) is 14.0. The van der Waals surface area contributed by atoms with Crippen molar-refractivity contribution in [3.8, 4) is 11.5 Å². The highest BCUT2D eigenvalue weighted by Crippen LogP contribution is 2.36. The molecule has 0 bridgehead atoms. The number of para-hydroxylation sites is 1. The molecule has 1 saturated carbocycles. The maximum Gasteiger partial charge on any atom is 0.282 e. The molecule has 0 aliphatic heterocycles. The van der Waals surface area contributed by atoms with E-state index in [-0.39, 0.29) is 18.1 Å². The Morgan fingerprint density at radius 3 is 2.65 bits per heavy atom. The van der Waals surface area contributed by atoms with E-state index in [9.17, 15) is 14.0 Å². The van der Waals surface area contributed by atoms with Crippen molar-refractivity contribution in [3.05, 3.63) is 92.7 Å². The zero-order valence-corrected chi connectivity index (χ0v) is 23.5. The molecule has 1 aliphatic rings. The Hall–Kier alpha value is -4.05. The summed E-state index contributed by atoms with van der Waals surface area (Å²) in [5.41, 5.74) is 1.58. The third-order valence-electron chi connectivity index (χ3n) is 6.80. The first-order chi connectivity index (χ1) is 19.4. The maximum absolute atomic E-state index is 13.5. The van der Waals surface area contributed by atoms with Crippen LogP contribution in [-0.4, -0.2) is 35.5 Å². The molecule has 1 aliphatic carbocycles. The lowest BCUT2D eigenvalue weighted by molar-refractivity contribution is -0.118. The van der Waals surface area contributed by atoms with Gasteiger partial charge in [0.15, 0.2) is 18.1 Å². The quantitative estimate of drug-likeness (QED) is 0.239. The van der Waals surface area contributed by atoms with Crippen molar-refractivity contribution in [2.24, 2.45) is 5.10 Å². The molecule has 3 aromatic carbocycles. The van der Waals surface area contributed by atoms with Crippen molar-refractivity contribution >= 4 is 44.6 Å². The number of methoxy groups -OCH3 is 1. The van der Waals surface area contributed by atoms with Crippen LogP contribution in [0.25, 0.3) is 10.9 Å². The highest BCUT2D eigenvalue weighted by molar-refractivity contribution is 9.10. The SMILES string of the molecule is COc1cc(C=Nn2c(C3CCCCC3)nc3ccccc3c2=O)cc(Br)c1OCC(=O)Nc1ccc(F)cc1. The average molecular weight is 607 g/mol. The van der Waals surface area contributed by atoms with Crippen molar-refractivity contribution in [1.29, 1.82) is 0 Å². The number of benzene rings is 3. The molecule has 1 N–H and O–H groups in total. The van der Waals surface area contributed by atoms with Gasteiger partial charge in [0.05, 0.1) is 28.7 Å². The summed E-state index contributed by atoms with van der Waals surface area (Å²) < 4.78 is 26.3. The van der Waals surface area contributed by atoms with E-state index in [4.69, 9.17) is 14.5 Å². The molecule has 8 nitrogen and oxygen atoms in total. The zero-order chi connectivity index (χ0) is 28.1. The van der Waals surface area contributed by atoms with Crippen LogP contribution in [0.3, 0.4) is 0 Å². The van der Waals surface area contributed by atoms with E-state index in [1.54, 1.807) is 24.4 Å². The van der Waals surface area contributed by atoms with E-state index < -0.39 is 11.7 Å². The Morgan fingerprint density at radius 2 is 1.90 bits per heavy atom. The van der Waals surface area contributed by atoms with E-state index in [1.165, 1.54) is 42.5 Å². The molecule has 1 fully saturated rings. The van der Waals surface area contributed by atoms with Gasteiger partial charge in [-0.15, -0.1) is 0 Å². The molecular weight excluding hydrogens is 579 g/mol. The van der Waals surface area contributed by atoms with E-state index in [1.807, 2.05) is 18.2 Å². The first kappa shape index (κ1) is 27.5. The van der Waals surface area contributed by atoms with Crippen LogP contribution in [0, 0.1) is 5.82 Å². The van der Waals surface area contributed by atoms with E-state index >= 15 is 0 Å². The smallest absolute Gasteiger partial charge is 0.282 e. The minimum atomic E-state index is -0.412. The Labute approximate surface area is 239 Å². The minimum absolute atomic E-state index is 0.168. The number of hydrogen-bond acceptors (Lipinski definition) is 6. The standard InChI is InChI=1S/C30H28BrFN4O4/c1-39-26-16-19(15-24(31)28(26)40-18-27(37)34-22-13-11-21(32)12-14-22)17-33-36-29(20-7-3-2-4-8-20)35-25-10-6-5-9-23(25)30(36)38/h5-6,9-17,20H,2-4,7-8,18H2,1H3,(H,34,37). The van der Waals surface area contributed by atoms with Crippen LogP contribution < -0.4 is 20.3 Å². The Kier molecular flexibility index (Phi) is 8.54. The largest absolute Gasteiger partial charge is 0.493 e. The number of aromatic nitrogens is 2. The minimum Gasteiger partial charge on any atom is -0.493 e. The van der Waals surface area contributed by atoms with Crippen LogP contribution in [0.4, 0.5) is 10.1 Å². The summed E-state index contributed by atoms with van der Waals surface area (Å²) in [7, 11) is 1.49. The molecule has 0 unspecified atom stereocenters. The lowest BCUT2D eigenvalue weighted by Gasteiger charge is -2.22. The van der Waals surface area contributed by atoms with Gasteiger partial charge in [0.25, 0.3) is 11.5 Å². The average Bonchev–Trinajstić information content (AvgIpc) is 2.97. The van der Waals surface area contributed by atoms with Gasteiger partial charge in [-0.3, -0.25) is 9.59 Å². The Balaban J connectivity index is 1.39. The number of rotatable bonds is 8. The fourth-order valence-electron chi connectivity index (χ4n) is 4.82. The molecule has 1 amide bonds. The second-order valence-electron chi connectivity index (χ2n) is 9.56. The molecule has 1 aromatic heterocycles. The van der Waals surface area contributed by atoms with Gasteiger partial charge in [-0.05, 0) is 82.9 Å². The zero-order valence-electron chi connectivity index (χ0n) is 21.9. The van der Waals surface area contributed by atoms with Crippen LogP contribution in [-0.2, 0) is 4.79 Å². The maximum atomic E-state index is 13.5. The molecule has 0 atom stereocenters. The first-order valence-corrected chi connectivity index (χ1v) is 13.8. The van der Waals surface area contributed by atoms with Crippen LogP contribution in [0.2, 0.25) is 0 Å². The monoisotopic (exact) mass is 606 g/mol. The summed E-state index contributed by atoms with van der Waals surface area (Å²) in [6.45, 7) is -0.289. The molecule has 0 saturated heterocycles. The van der Waals surface area contributed by atoms with Gasteiger partial charge in [0.2, 0.25) is 0 Å². The summed E-state index contributed by atoms with van der Waals surface area (Å²) in [4.78, 5) is 30.7. The summed E-state index contributed by atoms with van der Waals surface area (Å²) in [6, 6.07) is 16.2. The van der Waals surface area contributed by atoms with Crippen LogP contribution in [0.15, 0.2) is 75.0 Å². The van der Waals surface area contributed by atoms with Crippen molar-refractivity contribution in [2.75, 3.05) is 19.0 Å². The van der Waals surface area contributed by atoms with E-state index in [0.717, 1.165) is 25.7 Å². The Morgan fingerprint density at radius 1 is 1.15 bits per heavy atom. The van der Waals surface area contributed by atoms with Crippen molar-refractivity contribution in [1.82, 2.24) is 9.66 Å². The summed E-state index contributed by atoms with van der Waals surface area (Å²) >= 11 is 3.49. The topological polar surface area (TPSA) is 94.8 Å². The summed E-state index contributed by atoms with van der Waals surface area (Å²) in [5, 5.41) is 7.75. The first-order valence-electron chi connectivity index (χ1n) is 13.0. The van der Waals surface area contributed by atoms with Crippen LogP contribution >= 0.6 is 15.9 Å². The lowest BCUT2D eigenvalue weighted by atomic mass is 9.88. The van der Waals surface area contributed by atoms with Gasteiger partial charge in [0, 0.05) is 11.6 Å². The number of fused-ring (bicyclic) bond motifs is 1. The van der Waals surface area contributed by atoms with Gasteiger partial charge in [-0.1, -0.05) is 31.4 Å². The third-order valence-corrected chi connectivity index (χ3v) is 7.39. The molecule has 0 radical (unpaired) electrons. The third kappa shape index (κ3) is 6.22. The number of carbonyl (C=O) groups is 1. The number of halogens is 2. The molecular formula is C30H28BrFN4O4. The second-order valence-corrected chi connectivity index (χ2v) is 10.4. The van der Waals surface area contributed by atoms with E-state index in [0.29, 0.717) is 43.9 Å². The van der Waals surface area contributed by atoms with Crippen molar-refractivity contribution < 1.29 is 18.7 Å². The second kappa shape index (κ2) is 12.4. The summed E-state index contributed by atoms with van der Waals surface area (Å²) in [5.74, 6) is 0.755. The predicted octanol–water partition coefficient (Wildman–Crippen LogP) is 6.25. The van der Waals surface area contributed by atoms with Crippen LogP contribution in [0.5, 0.6) is 11.5 Å². The highest BCUT2D eigenvalue weighted by atomic mass is 79.9. The van der Waals surface area contributed by atoms with Gasteiger partial charge in [0.1, 0.15) is 11.6 Å². The van der Waals surface area contributed by atoms with Crippen molar-refractivity contribution in [3.63, 3.8) is 0 Å². The molecule has 40 heavy (non-hydrogen) atoms. The van der Waals surface area contributed by atoms with Crippen molar-refractivity contribution in [2.45, 2.75) is 38.0 Å². The predicted molar refractivity (Wildman–Crippen MR) is 156 cm³/mol. The van der Waals surface area contributed by atoms with Gasteiger partial charge >= 0.3 is 0 Å². The molecule has 4 aromatic rings. The molecule has 0 spiro atoms. The number of nitrogens with zero attached hydrogens (tertiary/aromatic N) is 3. The van der Waals surface area contributed by atoms with Gasteiger partial charge in [-0.25, -0.2) is 9.37 Å². The van der Waals surface area contributed by atoms with Crippen LogP contribution in [0.1, 0.15) is 49.4 Å². The number of amides is 1. The van der Waals surface area contributed by atoms with Gasteiger partial charge in [-0.2, -0.15) is 9.78 Å². The highest BCUT2D eigenvalue weighted by Gasteiger charge is 2.22. The number of ether oxygens (including phenoxy) is 2. The van der Waals surface area contributed by atoms with E-state index in [2.05, 4.69) is 26.3 Å². The lowest BCUT2D eigenvalue weighted by Crippen LogP contribution is -2.25. The fourth-order valence-corrected chi connectivity index (χ4v) is 5.40. The number of nitrogens with one attached hydrogen (secondary N) is 1. The molecule has 1 heterocycles. The fraction of sp³-hybridized carbons (Fsp3) is 0.267. The molecule has 206 valence electrons. The number of anilines is 1. The molecule has 10 heteroatoms. The molecule has 5 rings (SSSR count). The van der Waals surface area contributed by atoms with Gasteiger partial charge < -0.3 is 14.8 Å². The Bertz CT molecular complexity index is 1620. The number of hydrogen-bond donors (Lipinski definition) is 1. The summed E-state index contributed by atoms with van der Waals surface area (Å²) in [6.07, 6.45) is 6.92. The number of carbonyl (C=O) groups excluding carboxylic acids is 1.